The van der Waals surface area contributed by atoms with Gasteiger partial charge in [-0.25, -0.2) is 0 Å². The summed E-state index contributed by atoms with van der Waals surface area (Å²) in [6.45, 7) is 5.64. The topological polar surface area (TPSA) is 108 Å². The van der Waals surface area contributed by atoms with Crippen LogP contribution in [0.3, 0.4) is 0 Å². The summed E-state index contributed by atoms with van der Waals surface area (Å²) in [4.78, 5) is 38.8. The Kier molecular flexibility index (Phi) is 10.4. The summed E-state index contributed by atoms with van der Waals surface area (Å²) < 4.78 is 11.8. The van der Waals surface area contributed by atoms with Crippen molar-refractivity contribution in [1.29, 1.82) is 0 Å². The zero-order chi connectivity index (χ0) is 27.7. The first-order valence-corrected chi connectivity index (χ1v) is 13.6. The molecule has 1 aliphatic rings. The highest BCUT2D eigenvalue weighted by atomic mass is 32.1. The van der Waals surface area contributed by atoms with Crippen molar-refractivity contribution in [2.45, 2.75) is 64.5 Å². The second-order valence-electron chi connectivity index (χ2n) is 9.67. The number of esters is 1. The highest BCUT2D eigenvalue weighted by Crippen LogP contribution is 2.47. The number of rotatable bonds is 13. The van der Waals surface area contributed by atoms with Crippen molar-refractivity contribution in [1.82, 2.24) is 5.32 Å². The number of hydrogen-bond acceptors (Lipinski definition) is 8. The van der Waals surface area contributed by atoms with E-state index in [0.717, 1.165) is 24.8 Å². The molecule has 0 spiro atoms. The maximum absolute atomic E-state index is 13.7. The molecule has 0 aromatic heterocycles. The Morgan fingerprint density at radius 2 is 1.76 bits per heavy atom. The molecule has 3 rings (SSSR count). The summed E-state index contributed by atoms with van der Waals surface area (Å²) in [6.07, 6.45) is 3.63. The predicted molar refractivity (Wildman–Crippen MR) is 149 cm³/mol. The van der Waals surface area contributed by atoms with Gasteiger partial charge in [-0.3, -0.25) is 19.7 Å². The van der Waals surface area contributed by atoms with Gasteiger partial charge in [0.25, 0.3) is 5.70 Å². The third kappa shape index (κ3) is 6.56. The molecule has 2 aromatic rings. The molecule has 3 unspecified atom stereocenters. The molecule has 0 amide bonds. The number of carbonyl (C=O) groups excluding carboxylic acids is 2. The van der Waals surface area contributed by atoms with Crippen LogP contribution in [0.1, 0.15) is 63.5 Å². The number of carbonyl (C=O) groups is 2. The number of Topliss-reactive ketones (excluding diaryl/α,β-unsaturated/α-hetero) is 1. The summed E-state index contributed by atoms with van der Waals surface area (Å²) in [5, 5.41) is 15.4. The van der Waals surface area contributed by atoms with E-state index in [1.54, 1.807) is 38.1 Å². The minimum atomic E-state index is -1.47. The molecule has 0 saturated carbocycles. The standard InChI is InChI=1S/C29H36N2O6S/c1-4-5-6-12-17-36-28(33)26-25(27(31(34)35)20(2)30-29(26,3)24(32)19-38)22-15-10-11-16-23(22)37-18-21-13-8-7-9-14-21/h7-11,13-16,25-26,30,38H,4-6,12,17-19H2,1-3H3. The van der Waals surface area contributed by atoms with Crippen molar-refractivity contribution in [2.24, 2.45) is 5.92 Å². The molecule has 9 heteroatoms. The van der Waals surface area contributed by atoms with Gasteiger partial charge in [0, 0.05) is 5.56 Å². The molecule has 38 heavy (non-hydrogen) atoms. The number of ketones is 1. The molecule has 2 aromatic carbocycles. The molecule has 1 aliphatic heterocycles. The fourth-order valence-electron chi connectivity index (χ4n) is 5.01. The first-order chi connectivity index (χ1) is 18.2. The van der Waals surface area contributed by atoms with E-state index in [2.05, 4.69) is 24.9 Å². The minimum absolute atomic E-state index is 0.149. The lowest BCUT2D eigenvalue weighted by Gasteiger charge is -2.43. The lowest BCUT2D eigenvalue weighted by atomic mass is 9.67. The van der Waals surface area contributed by atoms with Gasteiger partial charge in [-0.05, 0) is 31.9 Å². The Hall–Kier alpha value is -3.33. The van der Waals surface area contributed by atoms with E-state index in [1.165, 1.54) is 0 Å². The Balaban J connectivity index is 2.09. The van der Waals surface area contributed by atoms with Crippen LogP contribution in [0.2, 0.25) is 0 Å². The van der Waals surface area contributed by atoms with Crippen LogP contribution in [0, 0.1) is 16.0 Å². The molecule has 0 saturated heterocycles. The summed E-state index contributed by atoms with van der Waals surface area (Å²) in [7, 11) is 0. The third-order valence-electron chi connectivity index (χ3n) is 6.99. The molecular formula is C29H36N2O6S. The van der Waals surface area contributed by atoms with Crippen LogP contribution in [-0.2, 0) is 20.9 Å². The van der Waals surface area contributed by atoms with Crippen molar-refractivity contribution in [3.63, 3.8) is 0 Å². The summed E-state index contributed by atoms with van der Waals surface area (Å²) in [6, 6.07) is 16.5. The zero-order valence-electron chi connectivity index (χ0n) is 22.1. The quantitative estimate of drug-likeness (QED) is 0.114. The Morgan fingerprint density at radius 1 is 1.08 bits per heavy atom. The maximum Gasteiger partial charge on any atom is 0.313 e. The Morgan fingerprint density at radius 3 is 2.42 bits per heavy atom. The molecule has 204 valence electrons. The van der Waals surface area contributed by atoms with Gasteiger partial charge in [0.05, 0.1) is 28.9 Å². The Bertz CT molecular complexity index is 1170. The highest BCUT2D eigenvalue weighted by molar-refractivity contribution is 7.81. The van der Waals surface area contributed by atoms with Crippen LogP contribution in [0.5, 0.6) is 5.75 Å². The average Bonchev–Trinajstić information content (AvgIpc) is 2.91. The molecule has 0 fully saturated rings. The smallest absolute Gasteiger partial charge is 0.313 e. The first-order valence-electron chi connectivity index (χ1n) is 12.9. The number of hydrogen-bond donors (Lipinski definition) is 2. The second kappa shape index (κ2) is 13.5. The molecule has 0 bridgehead atoms. The van der Waals surface area contributed by atoms with Gasteiger partial charge in [0.2, 0.25) is 0 Å². The van der Waals surface area contributed by atoms with Crippen LogP contribution in [0.25, 0.3) is 0 Å². The van der Waals surface area contributed by atoms with Crippen LogP contribution >= 0.6 is 12.6 Å². The minimum Gasteiger partial charge on any atom is -0.489 e. The third-order valence-corrected chi connectivity index (χ3v) is 7.28. The first kappa shape index (κ1) is 29.2. The van der Waals surface area contributed by atoms with Crippen molar-refractivity contribution in [2.75, 3.05) is 12.4 Å². The van der Waals surface area contributed by atoms with Gasteiger partial charge >= 0.3 is 5.97 Å². The van der Waals surface area contributed by atoms with E-state index in [0.29, 0.717) is 17.7 Å². The van der Waals surface area contributed by atoms with Crippen molar-refractivity contribution in [3.8, 4) is 5.75 Å². The van der Waals surface area contributed by atoms with Gasteiger partial charge in [-0.1, -0.05) is 74.7 Å². The number of ether oxygens (including phenoxy) is 2. The van der Waals surface area contributed by atoms with Crippen LogP contribution in [-0.4, -0.2) is 34.6 Å². The fourth-order valence-corrected chi connectivity index (χ4v) is 5.34. The number of nitrogens with zero attached hydrogens (tertiary/aromatic N) is 1. The number of benzene rings is 2. The molecule has 1 N–H and O–H groups in total. The van der Waals surface area contributed by atoms with E-state index >= 15 is 0 Å². The summed E-state index contributed by atoms with van der Waals surface area (Å²) in [5.41, 5.74) is -0.0852. The highest BCUT2D eigenvalue weighted by Gasteiger charge is 2.58. The van der Waals surface area contributed by atoms with Crippen LogP contribution in [0.4, 0.5) is 0 Å². The Labute approximate surface area is 229 Å². The molecule has 1 heterocycles. The summed E-state index contributed by atoms with van der Waals surface area (Å²) >= 11 is 4.19. The number of nitrogens with one attached hydrogen (secondary N) is 1. The zero-order valence-corrected chi connectivity index (χ0v) is 23.0. The fraction of sp³-hybridized carbons (Fsp3) is 0.448. The van der Waals surface area contributed by atoms with Crippen LogP contribution < -0.4 is 10.1 Å². The second-order valence-corrected chi connectivity index (χ2v) is 9.99. The molecule has 0 aliphatic carbocycles. The number of nitro groups is 1. The number of thiol groups is 1. The van der Waals surface area contributed by atoms with Crippen LogP contribution in [0.15, 0.2) is 66.0 Å². The SMILES string of the molecule is CCCCCCOC(=O)C1C(c2ccccc2OCc2ccccc2)C([N+](=O)[O-])=C(C)NC1(C)C(=O)CS. The van der Waals surface area contributed by atoms with Crippen molar-refractivity contribution >= 4 is 24.4 Å². The van der Waals surface area contributed by atoms with E-state index in [4.69, 9.17) is 9.47 Å². The largest absolute Gasteiger partial charge is 0.489 e. The van der Waals surface area contributed by atoms with E-state index in [9.17, 15) is 19.7 Å². The molecule has 8 nitrogen and oxygen atoms in total. The normalized spacial score (nSPS) is 20.9. The molecular weight excluding hydrogens is 504 g/mol. The van der Waals surface area contributed by atoms with Gasteiger partial charge in [-0.15, -0.1) is 0 Å². The lowest BCUT2D eigenvalue weighted by Crippen LogP contribution is -2.62. The van der Waals surface area contributed by atoms with E-state index in [-0.39, 0.29) is 36.1 Å². The average molecular weight is 541 g/mol. The summed E-state index contributed by atoms with van der Waals surface area (Å²) in [5.74, 6) is -3.07. The van der Waals surface area contributed by atoms with Crippen molar-refractivity contribution < 1.29 is 24.0 Å². The predicted octanol–water partition coefficient (Wildman–Crippen LogP) is 5.46. The maximum atomic E-state index is 13.7. The van der Waals surface area contributed by atoms with E-state index in [1.807, 2.05) is 30.3 Å². The van der Waals surface area contributed by atoms with Gasteiger partial charge < -0.3 is 14.8 Å². The number of allylic oxidation sites excluding steroid dienone is 2. The monoisotopic (exact) mass is 540 g/mol. The van der Waals surface area contributed by atoms with Gasteiger partial charge in [0.15, 0.2) is 5.78 Å². The molecule has 3 atom stereocenters. The number of unbranched alkanes of at least 4 members (excludes halogenated alkanes) is 3. The van der Waals surface area contributed by atoms with E-state index < -0.39 is 28.3 Å². The van der Waals surface area contributed by atoms with Gasteiger partial charge in [0.1, 0.15) is 23.8 Å². The number of para-hydroxylation sites is 1. The van der Waals surface area contributed by atoms with Crippen molar-refractivity contribution in [3.05, 3.63) is 87.2 Å². The van der Waals surface area contributed by atoms with Gasteiger partial charge in [-0.2, -0.15) is 12.6 Å². The molecule has 0 radical (unpaired) electrons. The lowest BCUT2D eigenvalue weighted by molar-refractivity contribution is -0.434.